The molecule has 1 amide bonds. The van der Waals surface area contributed by atoms with Gasteiger partial charge in [-0.05, 0) is 33.2 Å². The van der Waals surface area contributed by atoms with E-state index in [0.717, 1.165) is 19.4 Å². The van der Waals surface area contributed by atoms with Gasteiger partial charge in [-0.3, -0.25) is 14.5 Å². The lowest BCUT2D eigenvalue weighted by atomic mass is 9.98. The number of piperidine rings is 1. The first-order valence-corrected chi connectivity index (χ1v) is 6.33. The van der Waals surface area contributed by atoms with E-state index in [2.05, 4.69) is 5.32 Å². The van der Waals surface area contributed by atoms with Crippen LogP contribution in [0.4, 0.5) is 0 Å². The highest BCUT2D eigenvalue weighted by molar-refractivity contribution is 5.78. The maximum Gasteiger partial charge on any atom is 0.310 e. The maximum absolute atomic E-state index is 11.6. The molecule has 0 aromatic carbocycles. The first kappa shape index (κ1) is 14.0. The molecule has 0 radical (unpaired) electrons. The topological polar surface area (TPSA) is 58.6 Å². The van der Waals surface area contributed by atoms with Crippen molar-refractivity contribution in [3.8, 4) is 0 Å². The normalized spacial score (nSPS) is 20.9. The third-order valence-electron chi connectivity index (χ3n) is 2.87. The van der Waals surface area contributed by atoms with Crippen molar-refractivity contribution in [2.24, 2.45) is 5.92 Å². The predicted octanol–water partition coefficient (Wildman–Crippen LogP) is 0.398. The van der Waals surface area contributed by atoms with Gasteiger partial charge in [0.25, 0.3) is 0 Å². The van der Waals surface area contributed by atoms with Gasteiger partial charge in [-0.1, -0.05) is 0 Å². The standard InChI is InChI=1S/C12H22N2O3/c1-3-13-11(15)9-14-7-5-6-10(8-14)12(16)17-4-2/h10H,3-9H2,1-2H3,(H,13,15). The lowest BCUT2D eigenvalue weighted by Crippen LogP contribution is -2.44. The number of carbonyl (C=O) groups is 2. The molecular weight excluding hydrogens is 220 g/mol. The highest BCUT2D eigenvalue weighted by Gasteiger charge is 2.27. The van der Waals surface area contributed by atoms with E-state index in [4.69, 9.17) is 4.74 Å². The van der Waals surface area contributed by atoms with Gasteiger partial charge in [0.2, 0.25) is 5.91 Å². The zero-order valence-corrected chi connectivity index (χ0v) is 10.7. The summed E-state index contributed by atoms with van der Waals surface area (Å²) in [5.74, 6) is -0.178. The van der Waals surface area contributed by atoms with Gasteiger partial charge in [0.15, 0.2) is 0 Å². The van der Waals surface area contributed by atoms with E-state index in [-0.39, 0.29) is 17.8 Å². The predicted molar refractivity (Wildman–Crippen MR) is 64.5 cm³/mol. The van der Waals surface area contributed by atoms with Crippen LogP contribution in [0.5, 0.6) is 0 Å². The van der Waals surface area contributed by atoms with Crippen molar-refractivity contribution >= 4 is 11.9 Å². The van der Waals surface area contributed by atoms with E-state index in [1.54, 1.807) is 0 Å². The Hall–Kier alpha value is -1.10. The SMILES string of the molecule is CCNC(=O)CN1CCCC(C(=O)OCC)C1. The molecule has 0 aromatic rings. The molecule has 5 nitrogen and oxygen atoms in total. The lowest BCUT2D eigenvalue weighted by Gasteiger charge is -2.30. The van der Waals surface area contributed by atoms with Crippen LogP contribution in [-0.4, -0.2) is 49.6 Å². The molecular formula is C12H22N2O3. The van der Waals surface area contributed by atoms with Gasteiger partial charge < -0.3 is 10.1 Å². The molecule has 0 aliphatic carbocycles. The van der Waals surface area contributed by atoms with Crippen molar-refractivity contribution < 1.29 is 14.3 Å². The molecule has 0 bridgehead atoms. The van der Waals surface area contributed by atoms with Gasteiger partial charge in [-0.25, -0.2) is 0 Å². The third kappa shape index (κ3) is 4.73. The summed E-state index contributed by atoms with van der Waals surface area (Å²) in [6.45, 7) is 6.68. The number of carbonyl (C=O) groups excluding carboxylic acids is 2. The van der Waals surface area contributed by atoms with Crippen molar-refractivity contribution in [3.63, 3.8) is 0 Å². The zero-order valence-electron chi connectivity index (χ0n) is 10.7. The van der Waals surface area contributed by atoms with E-state index in [1.165, 1.54) is 0 Å². The summed E-state index contributed by atoms with van der Waals surface area (Å²) in [6, 6.07) is 0. The van der Waals surface area contributed by atoms with Gasteiger partial charge in [-0.15, -0.1) is 0 Å². The number of hydrogen-bond donors (Lipinski definition) is 1. The van der Waals surface area contributed by atoms with E-state index in [0.29, 0.717) is 26.2 Å². The zero-order chi connectivity index (χ0) is 12.7. The minimum Gasteiger partial charge on any atom is -0.466 e. The molecule has 1 saturated heterocycles. The lowest BCUT2D eigenvalue weighted by molar-refractivity contribution is -0.150. The maximum atomic E-state index is 11.6. The Morgan fingerprint density at radius 2 is 2.18 bits per heavy atom. The number of hydrogen-bond acceptors (Lipinski definition) is 4. The summed E-state index contributed by atoms with van der Waals surface area (Å²) in [6.07, 6.45) is 1.81. The molecule has 0 spiro atoms. The van der Waals surface area contributed by atoms with Crippen LogP contribution in [0.1, 0.15) is 26.7 Å². The van der Waals surface area contributed by atoms with E-state index in [1.807, 2.05) is 18.7 Å². The molecule has 0 saturated carbocycles. The Labute approximate surface area is 102 Å². The van der Waals surface area contributed by atoms with Crippen molar-refractivity contribution in [2.45, 2.75) is 26.7 Å². The molecule has 98 valence electrons. The quantitative estimate of drug-likeness (QED) is 0.709. The summed E-state index contributed by atoms with van der Waals surface area (Å²) in [5, 5.41) is 2.77. The second-order valence-corrected chi connectivity index (χ2v) is 4.28. The Bertz CT molecular complexity index is 268. The molecule has 1 rings (SSSR count). The fraction of sp³-hybridized carbons (Fsp3) is 0.833. The summed E-state index contributed by atoms with van der Waals surface area (Å²) in [5.41, 5.74) is 0. The number of likely N-dealkylation sites (tertiary alicyclic amines) is 1. The van der Waals surface area contributed by atoms with Crippen LogP contribution in [-0.2, 0) is 14.3 Å². The van der Waals surface area contributed by atoms with Crippen LogP contribution in [0.25, 0.3) is 0 Å². The molecule has 1 aliphatic heterocycles. The van der Waals surface area contributed by atoms with Crippen molar-refractivity contribution in [1.82, 2.24) is 10.2 Å². The Morgan fingerprint density at radius 1 is 1.41 bits per heavy atom. The fourth-order valence-electron chi connectivity index (χ4n) is 2.11. The third-order valence-corrected chi connectivity index (χ3v) is 2.87. The van der Waals surface area contributed by atoms with Crippen LogP contribution in [0.3, 0.4) is 0 Å². The largest absolute Gasteiger partial charge is 0.466 e. The van der Waals surface area contributed by atoms with Crippen molar-refractivity contribution in [3.05, 3.63) is 0 Å². The van der Waals surface area contributed by atoms with Gasteiger partial charge >= 0.3 is 5.97 Å². The molecule has 1 fully saturated rings. The average molecular weight is 242 g/mol. The van der Waals surface area contributed by atoms with Crippen LogP contribution >= 0.6 is 0 Å². The first-order valence-electron chi connectivity index (χ1n) is 6.33. The smallest absolute Gasteiger partial charge is 0.310 e. The Balaban J connectivity index is 2.38. The van der Waals surface area contributed by atoms with Gasteiger partial charge in [0.05, 0.1) is 19.1 Å². The highest BCUT2D eigenvalue weighted by Crippen LogP contribution is 2.17. The van der Waals surface area contributed by atoms with Crippen molar-refractivity contribution in [2.75, 3.05) is 32.8 Å². The molecule has 1 aliphatic rings. The van der Waals surface area contributed by atoms with E-state index in [9.17, 15) is 9.59 Å². The summed E-state index contributed by atoms with van der Waals surface area (Å²) < 4.78 is 5.02. The number of amides is 1. The molecule has 17 heavy (non-hydrogen) atoms. The summed E-state index contributed by atoms with van der Waals surface area (Å²) in [4.78, 5) is 25.1. The average Bonchev–Trinajstić information content (AvgIpc) is 2.30. The Kier molecular flexibility index (Phi) is 5.97. The first-order chi connectivity index (χ1) is 8.17. The number of ether oxygens (including phenoxy) is 1. The number of likely N-dealkylation sites (N-methyl/N-ethyl adjacent to an activating group) is 1. The van der Waals surface area contributed by atoms with Crippen LogP contribution < -0.4 is 5.32 Å². The molecule has 1 unspecified atom stereocenters. The van der Waals surface area contributed by atoms with E-state index >= 15 is 0 Å². The van der Waals surface area contributed by atoms with Crippen LogP contribution in [0.2, 0.25) is 0 Å². The molecule has 1 N–H and O–H groups in total. The second kappa shape index (κ2) is 7.27. The van der Waals surface area contributed by atoms with Crippen LogP contribution in [0.15, 0.2) is 0 Å². The van der Waals surface area contributed by atoms with Gasteiger partial charge in [0, 0.05) is 13.1 Å². The summed E-state index contributed by atoms with van der Waals surface area (Å²) in [7, 11) is 0. The second-order valence-electron chi connectivity index (χ2n) is 4.28. The monoisotopic (exact) mass is 242 g/mol. The molecule has 5 heteroatoms. The van der Waals surface area contributed by atoms with Crippen molar-refractivity contribution in [1.29, 1.82) is 0 Å². The van der Waals surface area contributed by atoms with E-state index < -0.39 is 0 Å². The van der Waals surface area contributed by atoms with Gasteiger partial charge in [0.1, 0.15) is 0 Å². The Morgan fingerprint density at radius 3 is 2.82 bits per heavy atom. The van der Waals surface area contributed by atoms with Crippen LogP contribution in [0, 0.1) is 5.92 Å². The number of rotatable bonds is 5. The van der Waals surface area contributed by atoms with Gasteiger partial charge in [-0.2, -0.15) is 0 Å². The number of esters is 1. The minimum absolute atomic E-state index is 0.0250. The number of nitrogens with one attached hydrogen (secondary N) is 1. The highest BCUT2D eigenvalue weighted by atomic mass is 16.5. The number of nitrogens with zero attached hydrogens (tertiary/aromatic N) is 1. The molecule has 1 heterocycles. The molecule has 1 atom stereocenters. The summed E-state index contributed by atoms with van der Waals surface area (Å²) >= 11 is 0. The minimum atomic E-state index is -0.131. The molecule has 0 aromatic heterocycles. The fourth-order valence-corrected chi connectivity index (χ4v) is 2.11.